The van der Waals surface area contributed by atoms with Crippen molar-refractivity contribution in [3.05, 3.63) is 107 Å². The number of hydrogen-bond donors (Lipinski definition) is 1. The first-order valence-electron chi connectivity index (χ1n) is 13.7. The molecule has 1 aliphatic carbocycles. The second-order valence-corrected chi connectivity index (χ2v) is 11.3. The Morgan fingerprint density at radius 1 is 0.838 bits per heavy atom. The third kappa shape index (κ3) is 4.18. The van der Waals surface area contributed by atoms with E-state index >= 15 is 0 Å². The Morgan fingerprint density at radius 3 is 2.14 bits per heavy atom. The molecule has 6 rings (SSSR count). The van der Waals surface area contributed by atoms with E-state index in [1.54, 1.807) is 0 Å². The smallest absolute Gasteiger partial charge is 0.227 e. The summed E-state index contributed by atoms with van der Waals surface area (Å²) in [5.41, 5.74) is 6.18. The Labute approximate surface area is 220 Å². The molecule has 0 radical (unpaired) electrons. The molecule has 4 heteroatoms. The predicted octanol–water partition coefficient (Wildman–Crippen LogP) is 6.11. The van der Waals surface area contributed by atoms with E-state index in [9.17, 15) is 4.79 Å². The summed E-state index contributed by atoms with van der Waals surface area (Å²) in [5, 5.41) is 1.32. The Hall–Kier alpha value is -3.37. The minimum Gasteiger partial charge on any atom is -0.356 e. The van der Waals surface area contributed by atoms with Gasteiger partial charge in [-0.1, -0.05) is 78.9 Å². The molecule has 1 saturated carbocycles. The van der Waals surface area contributed by atoms with Gasteiger partial charge in [0, 0.05) is 28.7 Å². The number of H-pyrrole nitrogens is 1. The number of rotatable bonds is 5. The second kappa shape index (κ2) is 9.50. The van der Waals surface area contributed by atoms with Crippen LogP contribution in [0.5, 0.6) is 0 Å². The summed E-state index contributed by atoms with van der Waals surface area (Å²) in [5.74, 6) is 0.246. The number of nitrogens with zero attached hydrogens (tertiary/aromatic N) is 2. The van der Waals surface area contributed by atoms with E-state index in [2.05, 4.69) is 95.6 Å². The maximum Gasteiger partial charge on any atom is 0.227 e. The summed E-state index contributed by atoms with van der Waals surface area (Å²) in [4.78, 5) is 22.5. The third-order valence-corrected chi connectivity index (χ3v) is 9.21. The van der Waals surface area contributed by atoms with Gasteiger partial charge in [-0.05, 0) is 75.4 Å². The van der Waals surface area contributed by atoms with Crippen LogP contribution in [0, 0.1) is 0 Å². The number of amides is 1. The molecule has 37 heavy (non-hydrogen) atoms. The monoisotopic (exact) mass is 491 g/mol. The van der Waals surface area contributed by atoms with Crippen molar-refractivity contribution < 1.29 is 4.79 Å². The largest absolute Gasteiger partial charge is 0.356 e. The number of benzene rings is 3. The highest BCUT2D eigenvalue weighted by Crippen LogP contribution is 2.51. The van der Waals surface area contributed by atoms with E-state index < -0.39 is 0 Å². The molecule has 1 aromatic heterocycles. The average Bonchev–Trinajstić information content (AvgIpc) is 3.31. The SMILES string of the molecule is CN(C)C1(Cc2ccccc2)CCC2(CC1)c1[nH]c3ccccc3c1CCN2C(=O)Cc1ccccc1. The molecular weight excluding hydrogens is 454 g/mol. The van der Waals surface area contributed by atoms with Crippen molar-refractivity contribution >= 4 is 16.8 Å². The number of nitrogens with one attached hydrogen (secondary N) is 1. The van der Waals surface area contributed by atoms with Crippen LogP contribution in [-0.2, 0) is 29.6 Å². The zero-order valence-electron chi connectivity index (χ0n) is 22.0. The molecule has 3 aromatic carbocycles. The highest BCUT2D eigenvalue weighted by molar-refractivity contribution is 5.87. The second-order valence-electron chi connectivity index (χ2n) is 11.3. The summed E-state index contributed by atoms with van der Waals surface area (Å²) in [6.45, 7) is 0.786. The highest BCUT2D eigenvalue weighted by atomic mass is 16.2. The standard InChI is InChI=1S/C33H37N3O/c1-35(2)32(24-26-13-7-4-8-14-26)18-20-33(21-19-32)31-28(27-15-9-10-16-29(27)34-31)17-22-36(33)30(37)23-25-11-5-3-6-12-25/h3-16,34H,17-24H2,1-2H3. The number of likely N-dealkylation sites (N-methyl/N-ethyl adjacent to an activating group) is 1. The summed E-state index contributed by atoms with van der Waals surface area (Å²) < 4.78 is 0. The summed E-state index contributed by atoms with van der Waals surface area (Å²) in [6.07, 6.45) is 6.45. The van der Waals surface area contributed by atoms with Crippen LogP contribution in [-0.4, -0.2) is 46.9 Å². The van der Waals surface area contributed by atoms with Gasteiger partial charge in [-0.25, -0.2) is 0 Å². The van der Waals surface area contributed by atoms with Crippen LogP contribution in [0.1, 0.15) is 48.1 Å². The van der Waals surface area contributed by atoms with Gasteiger partial charge in [-0.2, -0.15) is 0 Å². The van der Waals surface area contributed by atoms with E-state index in [1.807, 2.05) is 18.2 Å². The van der Waals surface area contributed by atoms with Gasteiger partial charge in [0.05, 0.1) is 12.0 Å². The minimum atomic E-state index is -0.283. The van der Waals surface area contributed by atoms with Gasteiger partial charge in [-0.3, -0.25) is 4.79 Å². The molecule has 1 aliphatic heterocycles. The fraction of sp³-hybridized carbons (Fsp3) is 0.364. The van der Waals surface area contributed by atoms with Gasteiger partial charge < -0.3 is 14.8 Å². The molecule has 1 spiro atoms. The molecule has 0 atom stereocenters. The topological polar surface area (TPSA) is 39.3 Å². The molecular formula is C33H37N3O. The third-order valence-electron chi connectivity index (χ3n) is 9.21. The molecule has 0 bridgehead atoms. The van der Waals surface area contributed by atoms with Gasteiger partial charge in [0.1, 0.15) is 0 Å². The number of para-hydroxylation sites is 1. The van der Waals surface area contributed by atoms with Crippen molar-refractivity contribution in [1.29, 1.82) is 0 Å². The van der Waals surface area contributed by atoms with E-state index in [0.29, 0.717) is 6.42 Å². The lowest BCUT2D eigenvalue weighted by Gasteiger charge is -2.55. The fourth-order valence-electron chi connectivity index (χ4n) is 7.07. The number of fused-ring (bicyclic) bond motifs is 4. The Balaban J connectivity index is 1.38. The van der Waals surface area contributed by atoms with Gasteiger partial charge in [0.25, 0.3) is 0 Å². The molecule has 0 unspecified atom stereocenters. The Morgan fingerprint density at radius 2 is 1.46 bits per heavy atom. The first-order chi connectivity index (χ1) is 18.0. The van der Waals surface area contributed by atoms with Crippen LogP contribution < -0.4 is 0 Å². The van der Waals surface area contributed by atoms with Crippen molar-refractivity contribution in [2.24, 2.45) is 0 Å². The number of aromatic amines is 1. The van der Waals surface area contributed by atoms with Gasteiger partial charge in [0.15, 0.2) is 0 Å². The van der Waals surface area contributed by atoms with Crippen LogP contribution in [0.15, 0.2) is 84.9 Å². The Kier molecular flexibility index (Phi) is 6.16. The van der Waals surface area contributed by atoms with Crippen molar-refractivity contribution in [2.45, 2.75) is 56.0 Å². The first kappa shape index (κ1) is 24.0. The molecule has 1 amide bonds. The molecule has 2 aliphatic rings. The lowest BCUT2D eigenvalue weighted by atomic mass is 9.65. The molecule has 1 fully saturated rings. The summed E-state index contributed by atoms with van der Waals surface area (Å²) in [6, 6.07) is 29.8. The van der Waals surface area contributed by atoms with Crippen LogP contribution in [0.25, 0.3) is 10.9 Å². The molecule has 4 nitrogen and oxygen atoms in total. The molecule has 1 N–H and O–H groups in total. The van der Waals surface area contributed by atoms with Crippen LogP contribution in [0.3, 0.4) is 0 Å². The van der Waals surface area contributed by atoms with E-state index in [4.69, 9.17) is 0 Å². The van der Waals surface area contributed by atoms with E-state index in [0.717, 1.165) is 50.6 Å². The predicted molar refractivity (Wildman–Crippen MR) is 151 cm³/mol. The molecule has 2 heterocycles. The quantitative estimate of drug-likeness (QED) is 0.366. The van der Waals surface area contributed by atoms with Gasteiger partial charge in [-0.15, -0.1) is 0 Å². The van der Waals surface area contributed by atoms with Crippen LogP contribution in [0.2, 0.25) is 0 Å². The Bertz CT molecular complexity index is 1380. The van der Waals surface area contributed by atoms with Gasteiger partial charge >= 0.3 is 0 Å². The zero-order valence-corrected chi connectivity index (χ0v) is 22.0. The normalized spacial score (nSPS) is 23.5. The van der Waals surface area contributed by atoms with Crippen molar-refractivity contribution in [3.63, 3.8) is 0 Å². The molecule has 0 saturated heterocycles. The van der Waals surface area contributed by atoms with E-state index in [1.165, 1.54) is 27.7 Å². The van der Waals surface area contributed by atoms with Crippen molar-refractivity contribution in [1.82, 2.24) is 14.8 Å². The number of aromatic nitrogens is 1. The fourth-order valence-corrected chi connectivity index (χ4v) is 7.07. The average molecular weight is 492 g/mol. The first-order valence-corrected chi connectivity index (χ1v) is 13.7. The van der Waals surface area contributed by atoms with E-state index in [-0.39, 0.29) is 17.0 Å². The van der Waals surface area contributed by atoms with Gasteiger partial charge in [0.2, 0.25) is 5.91 Å². The van der Waals surface area contributed by atoms with Crippen molar-refractivity contribution in [2.75, 3.05) is 20.6 Å². The molecule has 190 valence electrons. The highest BCUT2D eigenvalue weighted by Gasteiger charge is 2.52. The summed E-state index contributed by atoms with van der Waals surface area (Å²) >= 11 is 0. The maximum atomic E-state index is 14.0. The lowest BCUT2D eigenvalue weighted by molar-refractivity contribution is -0.142. The number of carbonyl (C=O) groups is 1. The zero-order chi connectivity index (χ0) is 25.5. The number of carbonyl (C=O) groups excluding carboxylic acids is 1. The van der Waals surface area contributed by atoms with Crippen LogP contribution >= 0.6 is 0 Å². The summed E-state index contributed by atoms with van der Waals surface area (Å²) in [7, 11) is 4.46. The lowest BCUT2D eigenvalue weighted by Crippen LogP contribution is -2.60. The minimum absolute atomic E-state index is 0.0877. The van der Waals surface area contributed by atoms with Crippen LogP contribution in [0.4, 0.5) is 0 Å². The number of hydrogen-bond acceptors (Lipinski definition) is 2. The molecule has 4 aromatic rings. The van der Waals surface area contributed by atoms with Crippen molar-refractivity contribution in [3.8, 4) is 0 Å². The maximum absolute atomic E-state index is 14.0.